The Morgan fingerprint density at radius 3 is 2.24 bits per heavy atom. The van der Waals surface area contributed by atoms with Crippen LogP contribution >= 0.6 is 11.3 Å². The van der Waals surface area contributed by atoms with Gasteiger partial charge in [-0.05, 0) is 44.5 Å². The van der Waals surface area contributed by atoms with Crippen LogP contribution in [-0.4, -0.2) is 125 Å². The number of rotatable bonds is 29. The van der Waals surface area contributed by atoms with E-state index in [4.69, 9.17) is 23.9 Å². The number of carbonyl (C=O) groups excluding carboxylic acids is 5. The van der Waals surface area contributed by atoms with Gasteiger partial charge in [-0.15, -0.1) is 11.3 Å². The van der Waals surface area contributed by atoms with E-state index in [1.54, 1.807) is 36.3 Å². The molecule has 59 heavy (non-hydrogen) atoms. The second-order valence-electron chi connectivity index (χ2n) is 14.3. The number of anilines is 3. The van der Waals surface area contributed by atoms with Crippen LogP contribution in [0.4, 0.5) is 16.6 Å². The molecule has 0 saturated heterocycles. The highest BCUT2D eigenvalue weighted by atomic mass is 32.1. The van der Waals surface area contributed by atoms with Gasteiger partial charge in [0.1, 0.15) is 18.4 Å². The van der Waals surface area contributed by atoms with Gasteiger partial charge in [0.05, 0.1) is 70.7 Å². The summed E-state index contributed by atoms with van der Waals surface area (Å²) < 4.78 is 22.4. The number of hydrogen-bond donors (Lipinski definition) is 4. The maximum absolute atomic E-state index is 13.5. The Morgan fingerprint density at radius 2 is 1.58 bits per heavy atom. The molecule has 1 aliphatic carbocycles. The lowest BCUT2D eigenvalue weighted by atomic mass is 9.70. The van der Waals surface area contributed by atoms with Crippen LogP contribution in [0, 0.1) is 5.41 Å². The molecule has 3 aromatic rings. The van der Waals surface area contributed by atoms with Gasteiger partial charge in [0.25, 0.3) is 0 Å². The van der Waals surface area contributed by atoms with Crippen molar-refractivity contribution in [2.24, 2.45) is 5.41 Å². The summed E-state index contributed by atoms with van der Waals surface area (Å²) in [4.78, 5) is 72.2. The summed E-state index contributed by atoms with van der Waals surface area (Å²) in [6, 6.07) is 10.3. The van der Waals surface area contributed by atoms with Crippen molar-refractivity contribution < 1.29 is 42.9 Å². The van der Waals surface area contributed by atoms with Crippen LogP contribution < -0.4 is 21.3 Å². The van der Waals surface area contributed by atoms with Crippen molar-refractivity contribution in [2.45, 2.75) is 70.4 Å². The van der Waals surface area contributed by atoms with Crippen molar-refractivity contribution >= 4 is 58.3 Å². The zero-order valence-electron chi connectivity index (χ0n) is 34.2. The first kappa shape index (κ1) is 47.0. The molecule has 0 spiro atoms. The lowest BCUT2D eigenvalue weighted by Gasteiger charge is -2.35. The Balaban J connectivity index is 1.03. The van der Waals surface area contributed by atoms with Crippen molar-refractivity contribution in [1.29, 1.82) is 0 Å². The lowest BCUT2D eigenvalue weighted by Crippen LogP contribution is -2.45. The number of ether oxygens (including phenoxy) is 4. The fourth-order valence-electron chi connectivity index (χ4n) is 6.84. The minimum atomic E-state index is -0.540. The fourth-order valence-corrected chi connectivity index (χ4v) is 7.37. The van der Waals surface area contributed by atoms with Gasteiger partial charge < -0.3 is 45.0 Å². The number of hydrogen-bond acceptors (Lipinski definition) is 14. The number of pyridine rings is 1. The zero-order chi connectivity index (χ0) is 42.1. The van der Waals surface area contributed by atoms with Crippen molar-refractivity contribution in [3.63, 3.8) is 0 Å². The zero-order valence-corrected chi connectivity index (χ0v) is 35.0. The van der Waals surface area contributed by atoms with Crippen LogP contribution in [-0.2, 0) is 51.1 Å². The van der Waals surface area contributed by atoms with Gasteiger partial charge in [-0.25, -0.2) is 9.97 Å². The van der Waals surface area contributed by atoms with E-state index in [0.29, 0.717) is 88.7 Å². The van der Waals surface area contributed by atoms with E-state index < -0.39 is 11.5 Å². The lowest BCUT2D eigenvalue weighted by molar-refractivity contribution is -0.133. The number of nitrogens with one attached hydrogen (secondary N) is 4. The predicted molar refractivity (Wildman–Crippen MR) is 225 cm³/mol. The second-order valence-corrected chi connectivity index (χ2v) is 15.2. The molecule has 16 nitrogen and oxygen atoms in total. The average Bonchev–Trinajstić information content (AvgIpc) is 3.76. The van der Waals surface area contributed by atoms with Crippen LogP contribution in [0.5, 0.6) is 0 Å². The van der Waals surface area contributed by atoms with E-state index in [1.807, 2.05) is 23.6 Å². The normalized spacial score (nSPS) is 14.0. The molecule has 1 fully saturated rings. The SMILES string of the molecule is CNC(=O)CCC(C=O)N(C)Cc1c(C=O)cccc1NC(=O)CCOCCOCCOCCOCCNC(=O)C1(Cc2cccc(Nc3nccs3)n2)CCCCC1. The van der Waals surface area contributed by atoms with E-state index in [0.717, 1.165) is 55.0 Å². The molecule has 322 valence electrons. The molecule has 2 heterocycles. The first-order chi connectivity index (χ1) is 28.8. The van der Waals surface area contributed by atoms with E-state index >= 15 is 0 Å². The Kier molecular flexibility index (Phi) is 21.1. The van der Waals surface area contributed by atoms with Crippen molar-refractivity contribution in [3.8, 4) is 0 Å². The number of amides is 3. The number of likely N-dealkylation sites (N-methyl/N-ethyl adjacent to an activating group) is 1. The summed E-state index contributed by atoms with van der Waals surface area (Å²) in [7, 11) is 3.27. The standard InChI is InChI=1S/C42H59N7O9S/c1-43-38(52)13-12-34(31-51)49(2)29-35-32(30-50)8-6-10-36(35)47-39(53)14-19-55-21-23-57-25-26-58-24-22-56-20-17-44-40(54)42(15-4-3-5-16-42)28-33-9-7-11-37(46-33)48-41-45-18-27-59-41/h6-11,18,27,30-31,34H,3-5,12-17,19-26,28-29H2,1-2H3,(H,43,52)(H,44,54)(H,47,53)(H,45,46,48). The smallest absolute Gasteiger partial charge is 0.226 e. The summed E-state index contributed by atoms with van der Waals surface area (Å²) >= 11 is 1.51. The highest BCUT2D eigenvalue weighted by molar-refractivity contribution is 7.13. The molecule has 1 aromatic carbocycles. The summed E-state index contributed by atoms with van der Waals surface area (Å²) in [5, 5.41) is 14.4. The minimum Gasteiger partial charge on any atom is -0.379 e. The van der Waals surface area contributed by atoms with Crippen molar-refractivity contribution in [1.82, 2.24) is 25.5 Å². The van der Waals surface area contributed by atoms with E-state index in [1.165, 1.54) is 18.4 Å². The minimum absolute atomic E-state index is 0.0552. The molecule has 4 rings (SSSR count). The van der Waals surface area contributed by atoms with E-state index in [-0.39, 0.29) is 43.7 Å². The molecule has 0 aliphatic heterocycles. The third kappa shape index (κ3) is 16.5. The highest BCUT2D eigenvalue weighted by Crippen LogP contribution is 2.39. The molecule has 4 N–H and O–H groups in total. The first-order valence-electron chi connectivity index (χ1n) is 20.2. The third-order valence-electron chi connectivity index (χ3n) is 10.1. The van der Waals surface area contributed by atoms with Crippen LogP contribution in [0.15, 0.2) is 48.0 Å². The quantitative estimate of drug-likeness (QED) is 0.0570. The van der Waals surface area contributed by atoms with E-state index in [9.17, 15) is 24.0 Å². The summed E-state index contributed by atoms with van der Waals surface area (Å²) in [6.45, 7) is 3.39. The molecule has 3 amide bonds. The monoisotopic (exact) mass is 837 g/mol. The Bertz CT molecular complexity index is 1740. The van der Waals surface area contributed by atoms with Gasteiger partial charge >= 0.3 is 0 Å². The Morgan fingerprint density at radius 1 is 0.881 bits per heavy atom. The topological polar surface area (TPSA) is 199 Å². The van der Waals surface area contributed by atoms with Crippen LogP contribution in [0.25, 0.3) is 0 Å². The largest absolute Gasteiger partial charge is 0.379 e. The molecule has 1 unspecified atom stereocenters. The maximum atomic E-state index is 13.5. The number of aromatic nitrogens is 2. The maximum Gasteiger partial charge on any atom is 0.226 e. The number of nitrogens with zero attached hydrogens (tertiary/aromatic N) is 3. The fraction of sp³-hybridized carbons (Fsp3) is 0.548. The second kappa shape index (κ2) is 26.4. The summed E-state index contributed by atoms with van der Waals surface area (Å²) in [5.74, 6) is 0.323. The van der Waals surface area contributed by atoms with Gasteiger partial charge in [-0.2, -0.15) is 0 Å². The molecule has 17 heteroatoms. The Labute approximate surface area is 350 Å². The highest BCUT2D eigenvalue weighted by Gasteiger charge is 2.39. The molecule has 1 aliphatic rings. The average molecular weight is 838 g/mol. The molecular weight excluding hydrogens is 779 g/mol. The van der Waals surface area contributed by atoms with Gasteiger partial charge in [0, 0.05) is 67.1 Å². The van der Waals surface area contributed by atoms with Gasteiger partial charge in [0.15, 0.2) is 5.13 Å². The van der Waals surface area contributed by atoms with Gasteiger partial charge in [-0.3, -0.25) is 24.1 Å². The predicted octanol–water partition coefficient (Wildman–Crippen LogP) is 4.32. The van der Waals surface area contributed by atoms with Gasteiger partial charge in [-0.1, -0.05) is 37.5 Å². The third-order valence-corrected chi connectivity index (χ3v) is 10.8. The van der Waals surface area contributed by atoms with Crippen LogP contribution in [0.1, 0.15) is 73.0 Å². The van der Waals surface area contributed by atoms with Crippen LogP contribution in [0.2, 0.25) is 0 Å². The van der Waals surface area contributed by atoms with Crippen molar-refractivity contribution in [2.75, 3.05) is 84.1 Å². The molecule has 1 atom stereocenters. The number of thiazole rings is 1. The van der Waals surface area contributed by atoms with Crippen LogP contribution in [0.3, 0.4) is 0 Å². The first-order valence-corrected chi connectivity index (χ1v) is 21.1. The molecule has 2 aromatic heterocycles. The molecular formula is C42H59N7O9S. The Hall–Kier alpha value is -4.65. The number of carbonyl (C=O) groups is 5. The molecule has 0 bridgehead atoms. The number of aldehydes is 2. The molecule has 1 saturated carbocycles. The number of benzene rings is 1. The summed E-state index contributed by atoms with van der Waals surface area (Å²) in [5.41, 5.74) is 1.85. The van der Waals surface area contributed by atoms with E-state index in [2.05, 4.69) is 26.3 Å². The summed E-state index contributed by atoms with van der Waals surface area (Å²) in [6.07, 6.45) is 9.26. The van der Waals surface area contributed by atoms with Gasteiger partial charge in [0.2, 0.25) is 17.7 Å². The molecule has 0 radical (unpaired) electrons. The van der Waals surface area contributed by atoms with Crippen molar-refractivity contribution in [3.05, 3.63) is 64.8 Å².